The molecule has 3 rings (SSSR count). The van der Waals surface area contributed by atoms with Crippen molar-refractivity contribution < 1.29 is 14.1 Å². The van der Waals surface area contributed by atoms with E-state index in [-0.39, 0.29) is 5.78 Å². The SMILES string of the molecule is O=C(CCC1CCOC1)c1cc(Cc2ccc(Cl)cc2)on1. The van der Waals surface area contributed by atoms with Gasteiger partial charge in [0, 0.05) is 37.1 Å². The van der Waals surface area contributed by atoms with Crippen LogP contribution in [0, 0.1) is 5.92 Å². The van der Waals surface area contributed by atoms with Gasteiger partial charge in [0.15, 0.2) is 5.78 Å². The minimum Gasteiger partial charge on any atom is -0.381 e. The fourth-order valence-electron chi connectivity index (χ4n) is 2.61. The third-order valence-electron chi connectivity index (χ3n) is 3.94. The topological polar surface area (TPSA) is 52.3 Å². The highest BCUT2D eigenvalue weighted by Gasteiger charge is 2.19. The maximum absolute atomic E-state index is 12.1. The Morgan fingerprint density at radius 3 is 2.86 bits per heavy atom. The zero-order valence-corrected chi connectivity index (χ0v) is 13.0. The number of aromatic nitrogens is 1. The molecule has 1 aromatic carbocycles. The van der Waals surface area contributed by atoms with Crippen LogP contribution in [-0.2, 0) is 11.2 Å². The van der Waals surface area contributed by atoms with Gasteiger partial charge in [-0.1, -0.05) is 28.9 Å². The number of rotatable bonds is 6. The first-order valence-corrected chi connectivity index (χ1v) is 7.89. The van der Waals surface area contributed by atoms with Crippen LogP contribution in [0.3, 0.4) is 0 Å². The summed E-state index contributed by atoms with van der Waals surface area (Å²) in [4.78, 5) is 12.1. The Bertz CT molecular complexity index is 630. The lowest BCUT2D eigenvalue weighted by Gasteiger charge is -2.04. The van der Waals surface area contributed by atoms with Crippen molar-refractivity contribution in [1.29, 1.82) is 0 Å². The summed E-state index contributed by atoms with van der Waals surface area (Å²) in [6.45, 7) is 1.59. The summed E-state index contributed by atoms with van der Waals surface area (Å²) in [5.41, 5.74) is 1.49. The number of halogens is 1. The molecular formula is C17H18ClNO3. The second kappa shape index (κ2) is 7.07. The van der Waals surface area contributed by atoms with Gasteiger partial charge < -0.3 is 9.26 Å². The van der Waals surface area contributed by atoms with Crippen molar-refractivity contribution in [3.8, 4) is 0 Å². The van der Waals surface area contributed by atoms with Crippen LogP contribution in [0.1, 0.15) is 41.1 Å². The molecule has 1 saturated heterocycles. The number of nitrogens with zero attached hydrogens (tertiary/aromatic N) is 1. The van der Waals surface area contributed by atoms with Crippen LogP contribution in [0.4, 0.5) is 0 Å². The Labute approximate surface area is 134 Å². The van der Waals surface area contributed by atoms with Crippen LogP contribution >= 0.6 is 11.6 Å². The molecule has 22 heavy (non-hydrogen) atoms. The van der Waals surface area contributed by atoms with Crippen molar-refractivity contribution in [2.45, 2.75) is 25.7 Å². The lowest BCUT2D eigenvalue weighted by atomic mass is 10.00. The smallest absolute Gasteiger partial charge is 0.184 e. The summed E-state index contributed by atoms with van der Waals surface area (Å²) in [7, 11) is 0. The molecule has 1 atom stereocenters. The third kappa shape index (κ3) is 3.96. The summed E-state index contributed by atoms with van der Waals surface area (Å²) in [6.07, 6.45) is 3.01. The molecule has 0 saturated carbocycles. The maximum atomic E-state index is 12.1. The van der Waals surface area contributed by atoms with E-state index in [9.17, 15) is 4.79 Å². The first kappa shape index (κ1) is 15.3. The maximum Gasteiger partial charge on any atom is 0.184 e. The van der Waals surface area contributed by atoms with Gasteiger partial charge in [0.2, 0.25) is 0 Å². The van der Waals surface area contributed by atoms with E-state index in [4.69, 9.17) is 20.9 Å². The summed E-state index contributed by atoms with van der Waals surface area (Å²) in [6, 6.07) is 9.28. The molecule has 1 aliphatic heterocycles. The number of hydrogen-bond donors (Lipinski definition) is 0. The molecule has 4 nitrogen and oxygen atoms in total. The van der Waals surface area contributed by atoms with Gasteiger partial charge in [-0.3, -0.25) is 4.79 Å². The Morgan fingerprint density at radius 1 is 1.32 bits per heavy atom. The monoisotopic (exact) mass is 319 g/mol. The van der Waals surface area contributed by atoms with Crippen molar-refractivity contribution in [3.05, 3.63) is 52.4 Å². The molecule has 0 aliphatic carbocycles. The van der Waals surface area contributed by atoms with Gasteiger partial charge >= 0.3 is 0 Å². The summed E-state index contributed by atoms with van der Waals surface area (Å²) in [5.74, 6) is 1.23. The number of ketones is 1. The molecule has 0 bridgehead atoms. The minimum absolute atomic E-state index is 0.0398. The van der Waals surface area contributed by atoms with Crippen LogP contribution in [0.25, 0.3) is 0 Å². The Balaban J connectivity index is 1.55. The van der Waals surface area contributed by atoms with E-state index >= 15 is 0 Å². The van der Waals surface area contributed by atoms with Crippen LogP contribution in [0.5, 0.6) is 0 Å². The molecule has 0 radical (unpaired) electrons. The molecule has 0 amide bonds. The highest BCUT2D eigenvalue weighted by atomic mass is 35.5. The van der Waals surface area contributed by atoms with Crippen LogP contribution in [0.2, 0.25) is 5.02 Å². The first-order valence-electron chi connectivity index (χ1n) is 7.51. The number of hydrogen-bond acceptors (Lipinski definition) is 4. The molecule has 0 spiro atoms. The van der Waals surface area contributed by atoms with E-state index in [0.717, 1.165) is 31.6 Å². The number of benzene rings is 1. The normalized spacial score (nSPS) is 17.8. The zero-order chi connectivity index (χ0) is 15.4. The van der Waals surface area contributed by atoms with Gasteiger partial charge in [0.25, 0.3) is 0 Å². The van der Waals surface area contributed by atoms with Crippen LogP contribution in [-0.4, -0.2) is 24.2 Å². The van der Waals surface area contributed by atoms with Crippen molar-refractivity contribution in [2.24, 2.45) is 5.92 Å². The summed E-state index contributed by atoms with van der Waals surface area (Å²) < 4.78 is 10.6. The van der Waals surface area contributed by atoms with Crippen LogP contribution < -0.4 is 0 Å². The number of carbonyl (C=O) groups excluding carboxylic acids is 1. The molecular weight excluding hydrogens is 302 g/mol. The second-order valence-corrected chi connectivity index (χ2v) is 6.11. The van der Waals surface area contributed by atoms with Gasteiger partial charge in [0.05, 0.1) is 0 Å². The molecule has 1 aliphatic rings. The number of ether oxygens (including phenoxy) is 1. The highest BCUT2D eigenvalue weighted by Crippen LogP contribution is 2.20. The van der Waals surface area contributed by atoms with E-state index in [1.165, 1.54) is 0 Å². The van der Waals surface area contributed by atoms with Crippen LogP contribution in [0.15, 0.2) is 34.9 Å². The fourth-order valence-corrected chi connectivity index (χ4v) is 2.73. The fraction of sp³-hybridized carbons (Fsp3) is 0.412. The van der Waals surface area contributed by atoms with Gasteiger partial charge in [-0.15, -0.1) is 0 Å². The number of carbonyl (C=O) groups is 1. The molecule has 0 N–H and O–H groups in total. The second-order valence-electron chi connectivity index (χ2n) is 5.67. The molecule has 116 valence electrons. The van der Waals surface area contributed by atoms with Crippen molar-refractivity contribution in [3.63, 3.8) is 0 Å². The van der Waals surface area contributed by atoms with Gasteiger partial charge in [-0.2, -0.15) is 0 Å². The molecule has 1 unspecified atom stereocenters. The highest BCUT2D eigenvalue weighted by molar-refractivity contribution is 6.30. The predicted octanol–water partition coefficient (Wildman–Crippen LogP) is 3.92. The van der Waals surface area contributed by atoms with E-state index in [0.29, 0.717) is 35.2 Å². The van der Waals surface area contributed by atoms with Gasteiger partial charge in [0.1, 0.15) is 11.5 Å². The van der Waals surface area contributed by atoms with E-state index in [1.54, 1.807) is 6.07 Å². The van der Waals surface area contributed by atoms with E-state index in [2.05, 4.69) is 5.16 Å². The van der Waals surface area contributed by atoms with Crippen molar-refractivity contribution in [1.82, 2.24) is 5.16 Å². The van der Waals surface area contributed by atoms with Gasteiger partial charge in [-0.25, -0.2) is 0 Å². The Morgan fingerprint density at radius 2 is 2.14 bits per heavy atom. The lowest BCUT2D eigenvalue weighted by molar-refractivity contribution is 0.0962. The van der Waals surface area contributed by atoms with Gasteiger partial charge in [-0.05, 0) is 36.5 Å². The quantitative estimate of drug-likeness (QED) is 0.757. The molecule has 1 fully saturated rings. The molecule has 5 heteroatoms. The average Bonchev–Trinajstić information content (AvgIpc) is 3.19. The lowest BCUT2D eigenvalue weighted by Crippen LogP contribution is -2.05. The predicted molar refractivity (Wildman–Crippen MR) is 83.3 cm³/mol. The summed E-state index contributed by atoms with van der Waals surface area (Å²) in [5, 5.41) is 4.60. The van der Waals surface area contributed by atoms with Crippen molar-refractivity contribution in [2.75, 3.05) is 13.2 Å². The zero-order valence-electron chi connectivity index (χ0n) is 12.3. The Kier molecular flexibility index (Phi) is 4.90. The van der Waals surface area contributed by atoms with Crippen molar-refractivity contribution >= 4 is 17.4 Å². The minimum atomic E-state index is 0.0398. The molecule has 2 heterocycles. The first-order chi connectivity index (χ1) is 10.7. The Hall–Kier alpha value is -1.65. The average molecular weight is 320 g/mol. The van der Waals surface area contributed by atoms with E-state index in [1.807, 2.05) is 24.3 Å². The van der Waals surface area contributed by atoms with E-state index < -0.39 is 0 Å². The summed E-state index contributed by atoms with van der Waals surface area (Å²) >= 11 is 5.86. The number of Topliss-reactive ketones (excluding diaryl/α,β-unsaturated/α-hetero) is 1. The molecule has 2 aromatic rings. The largest absolute Gasteiger partial charge is 0.381 e. The third-order valence-corrected chi connectivity index (χ3v) is 4.19. The standard InChI is InChI=1S/C17H18ClNO3/c18-14-4-1-12(2-5-14)9-15-10-16(19-22-15)17(20)6-3-13-7-8-21-11-13/h1-2,4-5,10,13H,3,6-9,11H2. The molecule has 1 aromatic heterocycles.